The number of piperidine rings is 1. The van der Waals surface area contributed by atoms with Gasteiger partial charge in [-0.2, -0.15) is 0 Å². The summed E-state index contributed by atoms with van der Waals surface area (Å²) in [6.07, 6.45) is 5.21. The molecule has 2 aliphatic rings. The van der Waals surface area contributed by atoms with Crippen molar-refractivity contribution in [3.05, 3.63) is 53.9 Å². The number of carboxylic acid groups (broad SMARTS) is 1. The third-order valence-electron chi connectivity index (χ3n) is 6.17. The Bertz CT molecular complexity index is 1000. The molecule has 5 rings (SSSR count). The number of benzene rings is 2. The maximum absolute atomic E-state index is 11.2. The van der Waals surface area contributed by atoms with Crippen LogP contribution in [0.15, 0.2) is 47.2 Å². The van der Waals surface area contributed by atoms with Crippen LogP contribution >= 0.6 is 0 Å². The van der Waals surface area contributed by atoms with Gasteiger partial charge in [0.2, 0.25) is 0 Å². The van der Waals surface area contributed by atoms with E-state index in [9.17, 15) is 9.90 Å². The van der Waals surface area contributed by atoms with Gasteiger partial charge in [-0.1, -0.05) is 24.3 Å². The third kappa shape index (κ3) is 2.92. The SMILES string of the molecule is O=C(O)C1CCN(C2CCc3cc(-c4ccc5ocnc5c4)ccc32)CC1. The molecule has 1 aliphatic carbocycles. The van der Waals surface area contributed by atoms with Gasteiger partial charge in [0.1, 0.15) is 5.52 Å². The number of hydrogen-bond acceptors (Lipinski definition) is 4. The average Bonchev–Trinajstić information content (AvgIpc) is 3.33. The molecule has 27 heavy (non-hydrogen) atoms. The molecule has 0 saturated carbocycles. The Morgan fingerprint density at radius 2 is 1.85 bits per heavy atom. The summed E-state index contributed by atoms with van der Waals surface area (Å²) >= 11 is 0. The first kappa shape index (κ1) is 16.5. The number of aliphatic carboxylic acids is 1. The quantitative estimate of drug-likeness (QED) is 0.753. The summed E-state index contributed by atoms with van der Waals surface area (Å²) in [5.74, 6) is -0.814. The van der Waals surface area contributed by atoms with Crippen LogP contribution in [-0.4, -0.2) is 34.0 Å². The van der Waals surface area contributed by atoms with E-state index in [2.05, 4.69) is 40.2 Å². The van der Waals surface area contributed by atoms with Crippen LogP contribution in [0.3, 0.4) is 0 Å². The summed E-state index contributed by atoms with van der Waals surface area (Å²) in [7, 11) is 0. The van der Waals surface area contributed by atoms with Crippen LogP contribution in [0.4, 0.5) is 0 Å². The number of fused-ring (bicyclic) bond motifs is 2. The van der Waals surface area contributed by atoms with E-state index in [-0.39, 0.29) is 5.92 Å². The van der Waals surface area contributed by atoms with E-state index in [1.54, 1.807) is 0 Å². The molecule has 0 spiro atoms. The van der Waals surface area contributed by atoms with Gasteiger partial charge in [-0.25, -0.2) is 4.98 Å². The first-order chi connectivity index (χ1) is 13.2. The predicted molar refractivity (Wildman–Crippen MR) is 102 cm³/mol. The van der Waals surface area contributed by atoms with Crippen molar-refractivity contribution in [3.8, 4) is 11.1 Å². The molecule has 3 aromatic rings. The highest BCUT2D eigenvalue weighted by atomic mass is 16.4. The van der Waals surface area contributed by atoms with Gasteiger partial charge in [0.15, 0.2) is 12.0 Å². The summed E-state index contributed by atoms with van der Waals surface area (Å²) < 4.78 is 5.33. The Kier molecular flexibility index (Phi) is 3.97. The summed E-state index contributed by atoms with van der Waals surface area (Å²) in [6, 6.07) is 13.3. The molecule has 1 aliphatic heterocycles. The number of oxazole rings is 1. The minimum atomic E-state index is -0.643. The first-order valence-electron chi connectivity index (χ1n) is 9.62. The predicted octanol–water partition coefficient (Wildman–Crippen LogP) is 4.28. The highest BCUT2D eigenvalue weighted by Crippen LogP contribution is 2.39. The second kappa shape index (κ2) is 6.50. The number of hydrogen-bond donors (Lipinski definition) is 1. The van der Waals surface area contributed by atoms with Gasteiger partial charge >= 0.3 is 5.97 Å². The number of rotatable bonds is 3. The van der Waals surface area contributed by atoms with E-state index in [1.807, 2.05) is 6.07 Å². The molecule has 1 unspecified atom stereocenters. The van der Waals surface area contributed by atoms with Crippen molar-refractivity contribution < 1.29 is 14.3 Å². The average molecular weight is 362 g/mol. The maximum atomic E-state index is 11.2. The molecule has 1 atom stereocenters. The van der Waals surface area contributed by atoms with Gasteiger partial charge < -0.3 is 9.52 Å². The van der Waals surface area contributed by atoms with Gasteiger partial charge in [-0.05, 0) is 73.2 Å². The van der Waals surface area contributed by atoms with E-state index in [1.165, 1.54) is 23.1 Å². The molecule has 0 radical (unpaired) electrons. The van der Waals surface area contributed by atoms with Crippen molar-refractivity contribution in [2.45, 2.75) is 31.7 Å². The summed E-state index contributed by atoms with van der Waals surface area (Å²) in [5, 5.41) is 9.21. The normalized spacial score (nSPS) is 20.8. The second-order valence-electron chi connectivity index (χ2n) is 7.65. The number of aromatic nitrogens is 1. The van der Waals surface area contributed by atoms with Crippen LogP contribution in [-0.2, 0) is 11.2 Å². The van der Waals surface area contributed by atoms with Crippen LogP contribution in [0.2, 0.25) is 0 Å². The van der Waals surface area contributed by atoms with Gasteiger partial charge in [0, 0.05) is 6.04 Å². The van der Waals surface area contributed by atoms with Crippen molar-refractivity contribution >= 4 is 17.1 Å². The standard InChI is InChI=1S/C22H22N2O3/c25-22(26)14-7-9-24(10-8-14)20-5-2-17-11-15(1-4-18(17)20)16-3-6-21-19(12-16)23-13-27-21/h1,3-4,6,11-14,20H,2,5,7-10H2,(H,25,26). The lowest BCUT2D eigenvalue weighted by Crippen LogP contribution is -2.38. The highest BCUT2D eigenvalue weighted by Gasteiger charge is 2.32. The van der Waals surface area contributed by atoms with Crippen molar-refractivity contribution in [2.24, 2.45) is 5.92 Å². The van der Waals surface area contributed by atoms with Crippen LogP contribution in [0.1, 0.15) is 36.4 Å². The van der Waals surface area contributed by atoms with Gasteiger partial charge in [0.25, 0.3) is 0 Å². The molecule has 5 nitrogen and oxygen atoms in total. The Morgan fingerprint density at radius 3 is 2.67 bits per heavy atom. The van der Waals surface area contributed by atoms with Crippen LogP contribution in [0.25, 0.3) is 22.2 Å². The number of nitrogens with zero attached hydrogens (tertiary/aromatic N) is 2. The molecule has 2 aromatic carbocycles. The van der Waals surface area contributed by atoms with Gasteiger partial charge in [-0.3, -0.25) is 9.69 Å². The fraction of sp³-hybridized carbons (Fsp3) is 0.364. The molecule has 1 aromatic heterocycles. The Hall–Kier alpha value is -2.66. The van der Waals surface area contributed by atoms with E-state index in [0.717, 1.165) is 55.4 Å². The maximum Gasteiger partial charge on any atom is 0.306 e. The zero-order valence-electron chi connectivity index (χ0n) is 15.1. The largest absolute Gasteiger partial charge is 0.481 e. The molecule has 1 N–H and O–H groups in total. The number of carbonyl (C=O) groups is 1. The van der Waals surface area contributed by atoms with Crippen LogP contribution in [0, 0.1) is 5.92 Å². The number of likely N-dealkylation sites (tertiary alicyclic amines) is 1. The van der Waals surface area contributed by atoms with Crippen molar-refractivity contribution in [2.75, 3.05) is 13.1 Å². The first-order valence-corrected chi connectivity index (χ1v) is 9.62. The molecule has 1 saturated heterocycles. The van der Waals surface area contributed by atoms with E-state index in [0.29, 0.717) is 6.04 Å². The lowest BCUT2D eigenvalue weighted by atomic mass is 9.94. The topological polar surface area (TPSA) is 66.6 Å². The Morgan fingerprint density at radius 1 is 1.07 bits per heavy atom. The van der Waals surface area contributed by atoms with E-state index in [4.69, 9.17) is 4.42 Å². The second-order valence-corrected chi connectivity index (χ2v) is 7.65. The Labute approximate surface area is 157 Å². The lowest BCUT2D eigenvalue weighted by Gasteiger charge is -2.35. The van der Waals surface area contributed by atoms with Crippen LogP contribution < -0.4 is 0 Å². The fourth-order valence-electron chi connectivity index (χ4n) is 4.65. The zero-order chi connectivity index (χ0) is 18.4. The Balaban J connectivity index is 1.38. The fourth-order valence-corrected chi connectivity index (χ4v) is 4.65. The molecule has 2 heterocycles. The highest BCUT2D eigenvalue weighted by molar-refractivity contribution is 5.80. The summed E-state index contributed by atoms with van der Waals surface area (Å²) in [6.45, 7) is 1.76. The molecule has 0 amide bonds. The molecule has 0 bridgehead atoms. The van der Waals surface area contributed by atoms with Crippen molar-refractivity contribution in [3.63, 3.8) is 0 Å². The minimum absolute atomic E-state index is 0.170. The third-order valence-corrected chi connectivity index (χ3v) is 6.17. The molecular formula is C22H22N2O3. The minimum Gasteiger partial charge on any atom is -0.481 e. The van der Waals surface area contributed by atoms with E-state index >= 15 is 0 Å². The van der Waals surface area contributed by atoms with Gasteiger partial charge in [0.05, 0.1) is 5.92 Å². The molecule has 1 fully saturated rings. The summed E-state index contributed by atoms with van der Waals surface area (Å²) in [5.41, 5.74) is 6.89. The number of carboxylic acids is 1. The zero-order valence-corrected chi connectivity index (χ0v) is 15.1. The molecular weight excluding hydrogens is 340 g/mol. The van der Waals surface area contributed by atoms with Gasteiger partial charge in [-0.15, -0.1) is 0 Å². The molecule has 138 valence electrons. The summed E-state index contributed by atoms with van der Waals surface area (Å²) in [4.78, 5) is 17.9. The lowest BCUT2D eigenvalue weighted by molar-refractivity contribution is -0.143. The van der Waals surface area contributed by atoms with Crippen LogP contribution in [0.5, 0.6) is 0 Å². The monoisotopic (exact) mass is 362 g/mol. The smallest absolute Gasteiger partial charge is 0.306 e. The van der Waals surface area contributed by atoms with E-state index < -0.39 is 5.97 Å². The molecule has 5 heteroatoms. The van der Waals surface area contributed by atoms with Crippen molar-refractivity contribution in [1.29, 1.82) is 0 Å². The van der Waals surface area contributed by atoms with Crippen molar-refractivity contribution in [1.82, 2.24) is 9.88 Å². The number of aryl methyl sites for hydroxylation is 1.